The Bertz CT molecular complexity index is 614. The van der Waals surface area contributed by atoms with Crippen molar-refractivity contribution in [3.63, 3.8) is 0 Å². The minimum absolute atomic E-state index is 0.108. The number of benzene rings is 1. The van der Waals surface area contributed by atoms with Crippen LogP contribution < -0.4 is 5.32 Å². The molecule has 1 amide bonds. The zero-order chi connectivity index (χ0) is 14.9. The topological polar surface area (TPSA) is 66.4 Å². The zero-order valence-electron chi connectivity index (χ0n) is 12.0. The van der Waals surface area contributed by atoms with E-state index in [2.05, 4.69) is 5.32 Å². The Balaban J connectivity index is 2.30. The van der Waals surface area contributed by atoms with E-state index in [0.29, 0.717) is 11.3 Å². The van der Waals surface area contributed by atoms with Gasteiger partial charge in [0.25, 0.3) is 5.91 Å². The van der Waals surface area contributed by atoms with Crippen LogP contribution in [0.2, 0.25) is 0 Å². The van der Waals surface area contributed by atoms with E-state index < -0.39 is 5.97 Å². The Morgan fingerprint density at radius 3 is 2.35 bits per heavy atom. The lowest BCUT2D eigenvalue weighted by Crippen LogP contribution is -2.16. The van der Waals surface area contributed by atoms with Crippen LogP contribution in [0.5, 0.6) is 0 Å². The number of hydrogen-bond acceptors (Lipinski definition) is 2. The molecule has 0 heterocycles. The third kappa shape index (κ3) is 2.74. The molecule has 0 bridgehead atoms. The molecule has 1 aromatic rings. The summed E-state index contributed by atoms with van der Waals surface area (Å²) in [5.41, 5.74) is 4.34. The van der Waals surface area contributed by atoms with Crippen molar-refractivity contribution in [1.82, 2.24) is 0 Å². The van der Waals surface area contributed by atoms with Gasteiger partial charge in [0.15, 0.2) is 0 Å². The third-order valence-electron chi connectivity index (χ3n) is 3.82. The molecule has 0 spiro atoms. The summed E-state index contributed by atoms with van der Waals surface area (Å²) in [6, 6.07) is 3.32. The number of anilines is 1. The second-order valence-electron chi connectivity index (χ2n) is 5.35. The maximum Gasteiger partial charge on any atom is 0.336 e. The summed E-state index contributed by atoms with van der Waals surface area (Å²) in [4.78, 5) is 23.4. The van der Waals surface area contributed by atoms with E-state index in [4.69, 9.17) is 5.11 Å². The molecule has 20 heavy (non-hydrogen) atoms. The minimum atomic E-state index is -0.978. The van der Waals surface area contributed by atoms with Gasteiger partial charge < -0.3 is 10.4 Å². The van der Waals surface area contributed by atoms with E-state index in [9.17, 15) is 9.59 Å². The van der Waals surface area contributed by atoms with Crippen LogP contribution in [0.25, 0.3) is 0 Å². The SMILES string of the molecule is CC1=C(C(=O)Nc2cc(C(=O)O)c(C)cc2C)CCC1. The first-order chi connectivity index (χ1) is 9.40. The number of hydrogen-bond donors (Lipinski definition) is 2. The summed E-state index contributed by atoms with van der Waals surface area (Å²) >= 11 is 0. The third-order valence-corrected chi connectivity index (χ3v) is 3.82. The number of rotatable bonds is 3. The summed E-state index contributed by atoms with van der Waals surface area (Å²) in [7, 11) is 0. The van der Waals surface area contributed by atoms with E-state index in [1.165, 1.54) is 6.07 Å². The number of aromatic carboxylic acids is 1. The molecule has 2 N–H and O–H groups in total. The van der Waals surface area contributed by atoms with Crippen molar-refractivity contribution in [2.24, 2.45) is 0 Å². The molecule has 1 aliphatic rings. The van der Waals surface area contributed by atoms with Crippen molar-refractivity contribution in [1.29, 1.82) is 0 Å². The maximum absolute atomic E-state index is 12.2. The fraction of sp³-hybridized carbons (Fsp3) is 0.375. The average molecular weight is 273 g/mol. The van der Waals surface area contributed by atoms with Crippen molar-refractivity contribution < 1.29 is 14.7 Å². The number of allylic oxidation sites excluding steroid dienone is 1. The largest absolute Gasteiger partial charge is 0.478 e. The van der Waals surface area contributed by atoms with Crippen LogP contribution in [-0.2, 0) is 4.79 Å². The Hall–Kier alpha value is -2.10. The molecule has 0 atom stereocenters. The van der Waals surface area contributed by atoms with Crippen LogP contribution in [0.15, 0.2) is 23.3 Å². The predicted molar refractivity (Wildman–Crippen MR) is 78.1 cm³/mol. The molecule has 0 unspecified atom stereocenters. The zero-order valence-corrected chi connectivity index (χ0v) is 12.0. The highest BCUT2D eigenvalue weighted by molar-refractivity contribution is 6.05. The summed E-state index contributed by atoms with van der Waals surface area (Å²) in [6.07, 6.45) is 2.78. The summed E-state index contributed by atoms with van der Waals surface area (Å²) in [5, 5.41) is 12.0. The number of amides is 1. The van der Waals surface area contributed by atoms with Crippen molar-refractivity contribution in [3.05, 3.63) is 40.0 Å². The van der Waals surface area contributed by atoms with Gasteiger partial charge in [-0.2, -0.15) is 0 Å². The van der Waals surface area contributed by atoms with Crippen molar-refractivity contribution in [2.75, 3.05) is 5.32 Å². The molecule has 0 saturated carbocycles. The minimum Gasteiger partial charge on any atom is -0.478 e. The van der Waals surface area contributed by atoms with Crippen LogP contribution in [0, 0.1) is 13.8 Å². The maximum atomic E-state index is 12.2. The van der Waals surface area contributed by atoms with Crippen LogP contribution in [0.3, 0.4) is 0 Å². The highest BCUT2D eigenvalue weighted by Gasteiger charge is 2.19. The molecule has 4 heteroatoms. The summed E-state index contributed by atoms with van der Waals surface area (Å²) < 4.78 is 0. The van der Waals surface area contributed by atoms with E-state index in [0.717, 1.165) is 36.0 Å². The lowest BCUT2D eigenvalue weighted by Gasteiger charge is -2.12. The Kier molecular flexibility index (Phi) is 3.93. The summed E-state index contributed by atoms with van der Waals surface area (Å²) in [6.45, 7) is 5.60. The van der Waals surface area contributed by atoms with Crippen LogP contribution in [0.1, 0.15) is 47.7 Å². The molecular weight excluding hydrogens is 254 g/mol. The number of nitrogens with one attached hydrogen (secondary N) is 1. The lowest BCUT2D eigenvalue weighted by atomic mass is 10.0. The van der Waals surface area contributed by atoms with Gasteiger partial charge in [0.1, 0.15) is 0 Å². The lowest BCUT2D eigenvalue weighted by molar-refractivity contribution is -0.113. The monoisotopic (exact) mass is 273 g/mol. The van der Waals surface area contributed by atoms with Crippen LogP contribution >= 0.6 is 0 Å². The second-order valence-corrected chi connectivity index (χ2v) is 5.35. The van der Waals surface area contributed by atoms with Gasteiger partial charge in [-0.3, -0.25) is 4.79 Å². The first-order valence-electron chi connectivity index (χ1n) is 6.74. The van der Waals surface area contributed by atoms with E-state index in [-0.39, 0.29) is 11.5 Å². The van der Waals surface area contributed by atoms with Crippen molar-refractivity contribution in [3.8, 4) is 0 Å². The molecule has 106 valence electrons. The first-order valence-corrected chi connectivity index (χ1v) is 6.74. The van der Waals surface area contributed by atoms with Gasteiger partial charge in [-0.1, -0.05) is 11.6 Å². The van der Waals surface area contributed by atoms with Crippen LogP contribution in [0.4, 0.5) is 5.69 Å². The Morgan fingerprint density at radius 2 is 1.80 bits per heavy atom. The molecule has 1 aliphatic carbocycles. The second kappa shape index (κ2) is 5.49. The molecule has 0 aliphatic heterocycles. The van der Waals surface area contributed by atoms with Gasteiger partial charge in [-0.15, -0.1) is 0 Å². The highest BCUT2D eigenvalue weighted by Crippen LogP contribution is 2.27. The molecule has 0 radical (unpaired) electrons. The van der Waals surface area contributed by atoms with Gasteiger partial charge >= 0.3 is 5.97 Å². The average Bonchev–Trinajstić information content (AvgIpc) is 2.78. The van der Waals surface area contributed by atoms with Crippen molar-refractivity contribution >= 4 is 17.6 Å². The summed E-state index contributed by atoms with van der Waals surface area (Å²) in [5.74, 6) is -1.09. The molecular formula is C16H19NO3. The van der Waals surface area contributed by atoms with Crippen molar-refractivity contribution in [2.45, 2.75) is 40.0 Å². The van der Waals surface area contributed by atoms with Gasteiger partial charge in [0.2, 0.25) is 0 Å². The fourth-order valence-corrected chi connectivity index (χ4v) is 2.62. The number of carbonyl (C=O) groups is 2. The number of carboxylic acids is 1. The molecule has 0 fully saturated rings. The Labute approximate surface area is 118 Å². The fourth-order valence-electron chi connectivity index (χ4n) is 2.62. The van der Waals surface area contributed by atoms with Gasteiger partial charge in [0.05, 0.1) is 5.56 Å². The Morgan fingerprint density at radius 1 is 1.10 bits per heavy atom. The van der Waals surface area contributed by atoms with Gasteiger partial charge in [0, 0.05) is 11.3 Å². The molecule has 0 aromatic heterocycles. The first kappa shape index (κ1) is 14.3. The number of aryl methyl sites for hydroxylation is 2. The number of carboxylic acid groups (broad SMARTS) is 1. The predicted octanol–water partition coefficient (Wildman–Crippen LogP) is 3.44. The smallest absolute Gasteiger partial charge is 0.336 e. The highest BCUT2D eigenvalue weighted by atomic mass is 16.4. The normalized spacial score (nSPS) is 14.6. The molecule has 0 saturated heterocycles. The molecule has 2 rings (SSSR count). The molecule has 4 nitrogen and oxygen atoms in total. The van der Waals surface area contributed by atoms with Gasteiger partial charge in [-0.25, -0.2) is 4.79 Å². The standard InChI is InChI=1S/C16H19NO3/c1-9-5-4-6-12(9)15(18)17-14-8-13(16(19)20)10(2)7-11(14)3/h7-8H,4-6H2,1-3H3,(H,17,18)(H,19,20). The quantitative estimate of drug-likeness (QED) is 0.886. The van der Waals surface area contributed by atoms with Gasteiger partial charge in [-0.05, 0) is 57.2 Å². The molecule has 1 aromatic carbocycles. The van der Waals surface area contributed by atoms with E-state index >= 15 is 0 Å². The van der Waals surface area contributed by atoms with E-state index in [1.54, 1.807) is 13.0 Å². The van der Waals surface area contributed by atoms with Crippen LogP contribution in [-0.4, -0.2) is 17.0 Å². The van der Waals surface area contributed by atoms with E-state index in [1.807, 2.05) is 13.8 Å². The number of carbonyl (C=O) groups excluding carboxylic acids is 1.